The van der Waals surface area contributed by atoms with Crippen LogP contribution >= 0.6 is 0 Å². The minimum atomic E-state index is -0.0593. The smallest absolute Gasteiger partial charge is 0.329 e. The summed E-state index contributed by atoms with van der Waals surface area (Å²) in [5.41, 5.74) is 3.94. The lowest BCUT2D eigenvalue weighted by molar-refractivity contribution is -0.121. The summed E-state index contributed by atoms with van der Waals surface area (Å²) in [6.45, 7) is 3.60. The molecule has 1 amide bonds. The molecule has 6 nitrogen and oxygen atoms in total. The minimum absolute atomic E-state index is 0.0462. The first-order chi connectivity index (χ1) is 13.5. The molecule has 3 rings (SSSR count). The van der Waals surface area contributed by atoms with Gasteiger partial charge >= 0.3 is 5.69 Å². The van der Waals surface area contributed by atoms with Crippen LogP contribution in [0.3, 0.4) is 0 Å². The van der Waals surface area contributed by atoms with Gasteiger partial charge in [-0.25, -0.2) is 4.79 Å². The molecule has 148 valence electrons. The first kappa shape index (κ1) is 19.7. The van der Waals surface area contributed by atoms with Crippen molar-refractivity contribution in [1.29, 1.82) is 0 Å². The van der Waals surface area contributed by atoms with Crippen molar-refractivity contribution < 1.29 is 4.79 Å². The quantitative estimate of drug-likeness (QED) is 0.654. The van der Waals surface area contributed by atoms with Crippen LogP contribution in [0.25, 0.3) is 11.0 Å². The van der Waals surface area contributed by atoms with Crippen molar-refractivity contribution in [3.63, 3.8) is 0 Å². The Morgan fingerprint density at radius 1 is 0.964 bits per heavy atom. The number of benzene rings is 2. The van der Waals surface area contributed by atoms with Gasteiger partial charge in [0.2, 0.25) is 5.91 Å². The molecule has 0 spiro atoms. The lowest BCUT2D eigenvalue weighted by Gasteiger charge is -2.13. The van der Waals surface area contributed by atoms with E-state index in [1.807, 2.05) is 67.5 Å². The highest BCUT2D eigenvalue weighted by Gasteiger charge is 2.13. The molecule has 0 unspecified atom stereocenters. The van der Waals surface area contributed by atoms with Crippen LogP contribution in [-0.2, 0) is 24.4 Å². The Kier molecular flexibility index (Phi) is 6.19. The van der Waals surface area contributed by atoms with Crippen molar-refractivity contribution in [2.45, 2.75) is 39.4 Å². The third-order valence-electron chi connectivity index (χ3n) is 4.88. The van der Waals surface area contributed by atoms with Gasteiger partial charge in [0.05, 0.1) is 11.0 Å². The van der Waals surface area contributed by atoms with Crippen molar-refractivity contribution >= 4 is 22.6 Å². The van der Waals surface area contributed by atoms with E-state index >= 15 is 0 Å². The lowest BCUT2D eigenvalue weighted by Crippen LogP contribution is -2.28. The fourth-order valence-corrected chi connectivity index (χ4v) is 3.34. The summed E-state index contributed by atoms with van der Waals surface area (Å²) < 4.78 is 3.50. The van der Waals surface area contributed by atoms with Crippen LogP contribution < -0.4 is 15.9 Å². The number of hydrogen-bond donors (Lipinski definition) is 1. The van der Waals surface area contributed by atoms with Crippen LogP contribution in [0.4, 0.5) is 5.69 Å². The first-order valence-electron chi connectivity index (χ1n) is 9.72. The minimum Gasteiger partial charge on any atom is -0.378 e. The van der Waals surface area contributed by atoms with E-state index in [9.17, 15) is 9.59 Å². The lowest BCUT2D eigenvalue weighted by atomic mass is 10.2. The second kappa shape index (κ2) is 8.78. The maximum atomic E-state index is 12.7. The molecule has 1 heterocycles. The first-order valence-corrected chi connectivity index (χ1v) is 9.72. The molecule has 2 aromatic carbocycles. The number of nitrogens with zero attached hydrogens (tertiary/aromatic N) is 3. The van der Waals surface area contributed by atoms with E-state index in [1.54, 1.807) is 9.13 Å². The van der Waals surface area contributed by atoms with Crippen molar-refractivity contribution in [3.05, 3.63) is 64.6 Å². The standard InChI is InChI=1S/C22H28N4O2/c1-4-14-25-19-7-5-6-8-20(19)26(22(25)28)15-13-21(27)23-16-17-9-11-18(12-10-17)24(2)3/h5-12H,4,13-16H2,1-3H3,(H,23,27). The second-order valence-electron chi connectivity index (χ2n) is 7.16. The van der Waals surface area contributed by atoms with Gasteiger partial charge in [-0.15, -0.1) is 0 Å². The Labute approximate surface area is 165 Å². The molecular formula is C22H28N4O2. The molecule has 0 aliphatic rings. The Morgan fingerprint density at radius 2 is 1.57 bits per heavy atom. The molecule has 0 saturated carbocycles. The number of amides is 1. The number of hydrogen-bond acceptors (Lipinski definition) is 3. The molecule has 1 aromatic heterocycles. The van der Waals surface area contributed by atoms with Gasteiger partial charge in [-0.05, 0) is 36.2 Å². The molecule has 0 aliphatic heterocycles. The number of aromatic nitrogens is 2. The van der Waals surface area contributed by atoms with E-state index in [1.165, 1.54) is 0 Å². The topological polar surface area (TPSA) is 59.3 Å². The number of fused-ring (bicyclic) bond motifs is 1. The van der Waals surface area contributed by atoms with Gasteiger partial charge in [0.15, 0.2) is 0 Å². The van der Waals surface area contributed by atoms with Crippen molar-refractivity contribution in [1.82, 2.24) is 14.5 Å². The number of anilines is 1. The number of carbonyl (C=O) groups excluding carboxylic acids is 1. The normalized spacial score (nSPS) is 11.0. The summed E-state index contributed by atoms with van der Waals surface area (Å²) in [5.74, 6) is -0.0593. The molecule has 0 fully saturated rings. The van der Waals surface area contributed by atoms with Gasteiger partial charge in [0.1, 0.15) is 0 Å². The Hall–Kier alpha value is -3.02. The Bertz CT molecular complexity index is 1000. The molecule has 0 bridgehead atoms. The molecular weight excluding hydrogens is 352 g/mol. The molecule has 6 heteroatoms. The average Bonchev–Trinajstić information content (AvgIpc) is 2.97. The van der Waals surface area contributed by atoms with Gasteiger partial charge in [-0.3, -0.25) is 13.9 Å². The highest BCUT2D eigenvalue weighted by molar-refractivity contribution is 5.78. The van der Waals surface area contributed by atoms with E-state index in [2.05, 4.69) is 12.2 Å². The molecule has 0 atom stereocenters. The van der Waals surface area contributed by atoms with Crippen LogP contribution in [0.15, 0.2) is 53.3 Å². The number of aryl methyl sites for hydroxylation is 2. The third-order valence-corrected chi connectivity index (χ3v) is 4.88. The predicted octanol–water partition coefficient (Wildman–Crippen LogP) is 2.99. The average molecular weight is 380 g/mol. The van der Waals surface area contributed by atoms with Gasteiger partial charge in [0, 0.05) is 45.8 Å². The second-order valence-corrected chi connectivity index (χ2v) is 7.16. The van der Waals surface area contributed by atoms with E-state index < -0.39 is 0 Å². The number of para-hydroxylation sites is 2. The maximum Gasteiger partial charge on any atom is 0.329 e. The summed E-state index contributed by atoms with van der Waals surface area (Å²) in [6, 6.07) is 15.8. The fraction of sp³-hybridized carbons (Fsp3) is 0.364. The number of carbonyl (C=O) groups is 1. The fourth-order valence-electron chi connectivity index (χ4n) is 3.34. The van der Waals surface area contributed by atoms with Crippen LogP contribution in [0.5, 0.6) is 0 Å². The molecule has 3 aromatic rings. The highest BCUT2D eigenvalue weighted by Crippen LogP contribution is 2.14. The zero-order valence-corrected chi connectivity index (χ0v) is 16.8. The van der Waals surface area contributed by atoms with E-state index in [-0.39, 0.29) is 18.0 Å². The third kappa shape index (κ3) is 4.27. The Morgan fingerprint density at radius 3 is 2.14 bits per heavy atom. The molecule has 28 heavy (non-hydrogen) atoms. The summed E-state index contributed by atoms with van der Waals surface area (Å²) in [5, 5.41) is 2.94. The maximum absolute atomic E-state index is 12.7. The zero-order chi connectivity index (χ0) is 20.1. The summed E-state index contributed by atoms with van der Waals surface area (Å²) in [6.07, 6.45) is 1.16. The van der Waals surface area contributed by atoms with E-state index in [0.717, 1.165) is 28.7 Å². The highest BCUT2D eigenvalue weighted by atomic mass is 16.2. The molecule has 0 radical (unpaired) electrons. The van der Waals surface area contributed by atoms with E-state index in [4.69, 9.17) is 0 Å². The van der Waals surface area contributed by atoms with Crippen LogP contribution in [0.2, 0.25) is 0 Å². The summed E-state index contributed by atoms with van der Waals surface area (Å²) >= 11 is 0. The number of rotatable bonds is 8. The van der Waals surface area contributed by atoms with Crippen LogP contribution in [-0.4, -0.2) is 29.1 Å². The monoisotopic (exact) mass is 380 g/mol. The van der Waals surface area contributed by atoms with Crippen molar-refractivity contribution in [2.24, 2.45) is 0 Å². The number of imidazole rings is 1. The largest absolute Gasteiger partial charge is 0.378 e. The molecule has 1 N–H and O–H groups in total. The SMILES string of the molecule is CCCn1c(=O)n(CCC(=O)NCc2ccc(N(C)C)cc2)c2ccccc21. The summed E-state index contributed by atoms with van der Waals surface area (Å²) in [4.78, 5) is 27.1. The van der Waals surface area contributed by atoms with Crippen molar-refractivity contribution in [2.75, 3.05) is 19.0 Å². The Balaban J connectivity index is 1.63. The van der Waals surface area contributed by atoms with Gasteiger partial charge in [0.25, 0.3) is 0 Å². The zero-order valence-electron chi connectivity index (χ0n) is 16.8. The van der Waals surface area contributed by atoms with Crippen molar-refractivity contribution in [3.8, 4) is 0 Å². The van der Waals surface area contributed by atoms with Crippen LogP contribution in [0.1, 0.15) is 25.3 Å². The molecule has 0 saturated heterocycles. The van der Waals surface area contributed by atoms with Gasteiger partial charge < -0.3 is 10.2 Å². The predicted molar refractivity (Wildman–Crippen MR) is 114 cm³/mol. The van der Waals surface area contributed by atoms with Crippen LogP contribution in [0, 0.1) is 0 Å². The number of nitrogens with one attached hydrogen (secondary N) is 1. The van der Waals surface area contributed by atoms with E-state index in [0.29, 0.717) is 19.6 Å². The van der Waals surface area contributed by atoms with Gasteiger partial charge in [-0.1, -0.05) is 31.2 Å². The molecule has 0 aliphatic carbocycles. The van der Waals surface area contributed by atoms with Gasteiger partial charge in [-0.2, -0.15) is 0 Å². The summed E-state index contributed by atoms with van der Waals surface area (Å²) in [7, 11) is 3.99.